The number of aromatic nitrogens is 4. The van der Waals surface area contributed by atoms with E-state index in [1.165, 1.54) is 17.9 Å². The van der Waals surface area contributed by atoms with Gasteiger partial charge in [-0.3, -0.25) is 9.36 Å². The van der Waals surface area contributed by atoms with E-state index in [2.05, 4.69) is 30.9 Å². The summed E-state index contributed by atoms with van der Waals surface area (Å²) >= 11 is 3.05. The number of pyridine rings is 2. The third-order valence-corrected chi connectivity index (χ3v) is 4.60. The zero-order valence-corrected chi connectivity index (χ0v) is 15.5. The second kappa shape index (κ2) is 6.66. The van der Waals surface area contributed by atoms with Crippen molar-refractivity contribution in [3.63, 3.8) is 0 Å². The summed E-state index contributed by atoms with van der Waals surface area (Å²) in [6.45, 7) is -0.298. The van der Waals surface area contributed by atoms with Gasteiger partial charge in [-0.2, -0.15) is 4.98 Å². The Balaban J connectivity index is 2.01. The Labute approximate surface area is 159 Å². The number of hydrogen-bond donors (Lipinski definition) is 0. The van der Waals surface area contributed by atoms with E-state index in [4.69, 9.17) is 4.74 Å². The van der Waals surface area contributed by atoms with E-state index in [1.807, 2.05) is 0 Å². The molecule has 27 heavy (non-hydrogen) atoms. The van der Waals surface area contributed by atoms with Crippen LogP contribution in [0.4, 0.5) is 8.78 Å². The van der Waals surface area contributed by atoms with Crippen molar-refractivity contribution < 1.29 is 13.5 Å². The van der Waals surface area contributed by atoms with Gasteiger partial charge in [0.2, 0.25) is 5.88 Å². The van der Waals surface area contributed by atoms with Crippen LogP contribution in [0.3, 0.4) is 0 Å². The minimum Gasteiger partial charge on any atom is -0.481 e. The first-order valence-electron chi connectivity index (χ1n) is 7.80. The van der Waals surface area contributed by atoms with Gasteiger partial charge < -0.3 is 4.74 Å². The lowest BCUT2D eigenvalue weighted by Gasteiger charge is -2.13. The largest absolute Gasteiger partial charge is 0.481 e. The molecule has 136 valence electrons. The Hall–Kier alpha value is -2.94. The molecule has 0 saturated carbocycles. The number of methoxy groups -OCH3 is 1. The molecule has 0 unspecified atom stereocenters. The molecular formula is C18H11BrF2N4O2. The van der Waals surface area contributed by atoms with Crippen molar-refractivity contribution >= 4 is 38.0 Å². The molecule has 0 bridgehead atoms. The number of ether oxygens (including phenoxy) is 1. The number of fused-ring (bicyclic) bond motifs is 3. The van der Waals surface area contributed by atoms with Crippen molar-refractivity contribution in [2.45, 2.75) is 6.54 Å². The van der Waals surface area contributed by atoms with Crippen LogP contribution in [0.2, 0.25) is 0 Å². The molecule has 9 heteroatoms. The van der Waals surface area contributed by atoms with Crippen LogP contribution in [0.25, 0.3) is 22.1 Å². The first kappa shape index (κ1) is 17.5. The highest BCUT2D eigenvalue weighted by Crippen LogP contribution is 2.25. The predicted molar refractivity (Wildman–Crippen MR) is 98.8 cm³/mol. The van der Waals surface area contributed by atoms with Crippen molar-refractivity contribution in [2.75, 3.05) is 7.11 Å². The van der Waals surface area contributed by atoms with Gasteiger partial charge in [-0.05, 0) is 18.2 Å². The van der Waals surface area contributed by atoms with E-state index in [0.29, 0.717) is 27.9 Å². The fraction of sp³-hybridized carbons (Fsp3) is 0.111. The number of halogens is 3. The zero-order valence-electron chi connectivity index (χ0n) is 13.9. The third-order valence-electron chi connectivity index (χ3n) is 4.14. The molecule has 0 aliphatic heterocycles. The van der Waals surface area contributed by atoms with Gasteiger partial charge in [0.1, 0.15) is 17.2 Å². The highest BCUT2D eigenvalue weighted by Gasteiger charge is 2.16. The number of benzene rings is 1. The van der Waals surface area contributed by atoms with Crippen molar-refractivity contribution in [1.29, 1.82) is 0 Å². The molecule has 0 spiro atoms. The van der Waals surface area contributed by atoms with Crippen LogP contribution in [0.15, 0.2) is 45.9 Å². The van der Waals surface area contributed by atoms with Crippen molar-refractivity contribution in [3.8, 4) is 5.88 Å². The zero-order chi connectivity index (χ0) is 19.1. The standard InChI is InChI=1S/C18H11BrF2N4O2/c1-27-15-3-2-10-17-14(6-23-18(10)24-15)22-7-16(26)25(17)8-11-12(20)4-9(19)5-13(11)21/h2-7H,8H2,1H3. The van der Waals surface area contributed by atoms with Crippen LogP contribution in [0.1, 0.15) is 5.56 Å². The van der Waals surface area contributed by atoms with Gasteiger partial charge in [0.15, 0.2) is 5.65 Å². The molecule has 1 aromatic carbocycles. The number of nitrogens with zero attached hydrogens (tertiary/aromatic N) is 4. The fourth-order valence-corrected chi connectivity index (χ4v) is 3.27. The van der Waals surface area contributed by atoms with E-state index >= 15 is 0 Å². The second-order valence-corrected chi connectivity index (χ2v) is 6.66. The Morgan fingerprint density at radius 2 is 1.89 bits per heavy atom. The molecule has 4 aromatic rings. The molecule has 0 radical (unpaired) electrons. The summed E-state index contributed by atoms with van der Waals surface area (Å²) in [5, 5.41) is 0.524. The molecule has 6 nitrogen and oxygen atoms in total. The smallest absolute Gasteiger partial charge is 0.269 e. The van der Waals surface area contributed by atoms with E-state index in [-0.39, 0.29) is 16.6 Å². The summed E-state index contributed by atoms with van der Waals surface area (Å²) in [5.41, 5.74) is 0.419. The van der Waals surface area contributed by atoms with Gasteiger partial charge in [0, 0.05) is 21.5 Å². The lowest BCUT2D eigenvalue weighted by molar-refractivity contribution is 0.399. The van der Waals surface area contributed by atoms with Crippen LogP contribution in [0, 0.1) is 11.6 Å². The summed E-state index contributed by atoms with van der Waals surface area (Å²) in [6.07, 6.45) is 2.55. The van der Waals surface area contributed by atoms with Gasteiger partial charge in [-0.25, -0.2) is 18.7 Å². The van der Waals surface area contributed by atoms with E-state index in [9.17, 15) is 13.6 Å². The maximum atomic E-state index is 14.3. The normalized spacial score (nSPS) is 11.3. The van der Waals surface area contributed by atoms with Crippen LogP contribution < -0.4 is 10.3 Å². The van der Waals surface area contributed by atoms with Gasteiger partial charge >= 0.3 is 0 Å². The Kier molecular flexibility index (Phi) is 4.31. The summed E-state index contributed by atoms with van der Waals surface area (Å²) in [4.78, 5) is 25.0. The topological polar surface area (TPSA) is 69.9 Å². The van der Waals surface area contributed by atoms with Crippen molar-refractivity contribution in [1.82, 2.24) is 19.5 Å². The third kappa shape index (κ3) is 3.03. The minimum absolute atomic E-state index is 0.223. The van der Waals surface area contributed by atoms with Crippen LogP contribution >= 0.6 is 15.9 Å². The predicted octanol–water partition coefficient (Wildman–Crippen LogP) is 3.44. The molecule has 3 aromatic heterocycles. The van der Waals surface area contributed by atoms with Crippen LogP contribution in [0.5, 0.6) is 5.88 Å². The monoisotopic (exact) mass is 432 g/mol. The van der Waals surface area contributed by atoms with Crippen molar-refractivity contribution in [3.05, 3.63) is 68.7 Å². The molecule has 0 N–H and O–H groups in total. The average molecular weight is 433 g/mol. The van der Waals surface area contributed by atoms with Gasteiger partial charge in [0.25, 0.3) is 5.56 Å². The molecule has 0 atom stereocenters. The molecule has 0 aliphatic rings. The maximum Gasteiger partial charge on any atom is 0.269 e. The first-order chi connectivity index (χ1) is 13.0. The molecule has 0 fully saturated rings. The molecule has 0 amide bonds. The SMILES string of the molecule is COc1ccc2c(ncc3ncc(=O)n(Cc4c(F)cc(Br)cc4F)c32)n1. The lowest BCUT2D eigenvalue weighted by atomic mass is 10.1. The number of hydrogen-bond acceptors (Lipinski definition) is 5. The highest BCUT2D eigenvalue weighted by atomic mass is 79.9. The molecule has 0 aliphatic carbocycles. The van der Waals surface area contributed by atoms with E-state index in [0.717, 1.165) is 18.3 Å². The summed E-state index contributed by atoms with van der Waals surface area (Å²) in [6, 6.07) is 5.60. The van der Waals surface area contributed by atoms with E-state index in [1.54, 1.807) is 12.1 Å². The quantitative estimate of drug-likeness (QED) is 0.463. The van der Waals surface area contributed by atoms with Gasteiger partial charge in [-0.15, -0.1) is 0 Å². The summed E-state index contributed by atoms with van der Waals surface area (Å²) in [7, 11) is 1.48. The minimum atomic E-state index is -0.753. The first-order valence-corrected chi connectivity index (χ1v) is 8.60. The Morgan fingerprint density at radius 3 is 2.59 bits per heavy atom. The Bertz CT molecular complexity index is 1240. The van der Waals surface area contributed by atoms with Gasteiger partial charge in [0.05, 0.1) is 31.6 Å². The lowest BCUT2D eigenvalue weighted by Crippen LogP contribution is -2.22. The maximum absolute atomic E-state index is 14.3. The van der Waals surface area contributed by atoms with Crippen molar-refractivity contribution in [2.24, 2.45) is 0 Å². The molecular weight excluding hydrogens is 422 g/mol. The van der Waals surface area contributed by atoms with Gasteiger partial charge in [-0.1, -0.05) is 15.9 Å². The molecule has 4 rings (SSSR count). The van der Waals surface area contributed by atoms with Crippen LogP contribution in [-0.2, 0) is 6.54 Å². The highest BCUT2D eigenvalue weighted by molar-refractivity contribution is 9.10. The fourth-order valence-electron chi connectivity index (χ4n) is 2.87. The summed E-state index contributed by atoms with van der Waals surface area (Å²) < 4.78 is 35.2. The molecule has 3 heterocycles. The van der Waals surface area contributed by atoms with E-state index < -0.39 is 17.2 Å². The number of rotatable bonds is 3. The second-order valence-electron chi connectivity index (χ2n) is 5.75. The summed E-state index contributed by atoms with van der Waals surface area (Å²) in [5.74, 6) is -1.15. The Morgan fingerprint density at radius 1 is 1.15 bits per heavy atom. The molecule has 0 saturated heterocycles. The average Bonchev–Trinajstić information content (AvgIpc) is 2.65. The van der Waals surface area contributed by atoms with Crippen LogP contribution in [-0.4, -0.2) is 26.6 Å².